The van der Waals surface area contributed by atoms with Crippen LogP contribution in [0.1, 0.15) is 25.1 Å². The number of nitrogen functional groups attached to an aromatic ring is 1. The van der Waals surface area contributed by atoms with E-state index in [0.717, 1.165) is 12.0 Å². The summed E-state index contributed by atoms with van der Waals surface area (Å²) in [6.07, 6.45) is 1.03. The zero-order valence-electron chi connectivity index (χ0n) is 11.9. The van der Waals surface area contributed by atoms with E-state index in [0.29, 0.717) is 11.7 Å². The van der Waals surface area contributed by atoms with Gasteiger partial charge < -0.3 is 5.43 Å². The number of benzene rings is 1. The molecule has 0 saturated carbocycles. The number of hydrogen-bond acceptors (Lipinski definition) is 4. The number of hydrogen-bond donors (Lipinski definition) is 2. The lowest BCUT2D eigenvalue weighted by atomic mass is 10.0. The molecule has 1 heterocycles. The fraction of sp³-hybridized carbons (Fsp3) is 0.333. The second-order valence-corrected chi connectivity index (χ2v) is 5.23. The molecule has 0 aliphatic heterocycles. The molecule has 0 radical (unpaired) electrons. The van der Waals surface area contributed by atoms with Crippen molar-refractivity contribution >= 4 is 5.82 Å². The van der Waals surface area contributed by atoms with Crippen LogP contribution in [0.2, 0.25) is 0 Å². The largest absolute Gasteiger partial charge is 0.306 e. The van der Waals surface area contributed by atoms with Gasteiger partial charge in [0.15, 0.2) is 17.5 Å². The Labute approximate surface area is 118 Å². The normalized spacial score (nSPS) is 10.9. The van der Waals surface area contributed by atoms with E-state index >= 15 is 0 Å². The Kier molecular flexibility index (Phi) is 4.29. The first-order valence-electron chi connectivity index (χ1n) is 6.61. The summed E-state index contributed by atoms with van der Waals surface area (Å²) in [5, 5.41) is 0. The molecular formula is C15H19FN4. The third-order valence-electron chi connectivity index (χ3n) is 3.01. The van der Waals surface area contributed by atoms with Crippen LogP contribution in [0.5, 0.6) is 0 Å². The van der Waals surface area contributed by atoms with Crippen LogP contribution in [0.3, 0.4) is 0 Å². The third kappa shape index (κ3) is 3.11. The Hall–Kier alpha value is -2.01. The molecule has 5 heteroatoms. The van der Waals surface area contributed by atoms with Gasteiger partial charge in [-0.1, -0.05) is 38.1 Å². The third-order valence-corrected chi connectivity index (χ3v) is 3.01. The summed E-state index contributed by atoms with van der Waals surface area (Å²) in [7, 11) is 0. The average Bonchev–Trinajstić information content (AvgIpc) is 2.42. The van der Waals surface area contributed by atoms with E-state index in [1.807, 2.05) is 24.3 Å². The molecule has 20 heavy (non-hydrogen) atoms. The second kappa shape index (κ2) is 5.96. The summed E-state index contributed by atoms with van der Waals surface area (Å²) in [4.78, 5) is 8.25. The molecule has 0 bridgehead atoms. The van der Waals surface area contributed by atoms with E-state index in [1.54, 1.807) is 6.92 Å². The van der Waals surface area contributed by atoms with E-state index in [-0.39, 0.29) is 11.5 Å². The summed E-state index contributed by atoms with van der Waals surface area (Å²) in [5.41, 5.74) is 4.64. The highest BCUT2D eigenvalue weighted by atomic mass is 19.1. The SMILES string of the molecule is Cc1nc(-c2ccc(CC(C)C)cc2)nc(NN)c1F. The van der Waals surface area contributed by atoms with E-state index in [4.69, 9.17) is 5.84 Å². The number of nitrogens with one attached hydrogen (secondary N) is 1. The monoisotopic (exact) mass is 274 g/mol. The summed E-state index contributed by atoms with van der Waals surface area (Å²) < 4.78 is 13.6. The van der Waals surface area contributed by atoms with Crippen molar-refractivity contribution < 1.29 is 4.39 Å². The predicted octanol–water partition coefficient (Wildman–Crippen LogP) is 3.08. The van der Waals surface area contributed by atoms with Crippen molar-refractivity contribution in [1.29, 1.82) is 0 Å². The van der Waals surface area contributed by atoms with Crippen LogP contribution in [0, 0.1) is 18.7 Å². The number of rotatable bonds is 4. The van der Waals surface area contributed by atoms with Crippen molar-refractivity contribution in [1.82, 2.24) is 9.97 Å². The molecule has 0 aliphatic rings. The number of aromatic nitrogens is 2. The van der Waals surface area contributed by atoms with Crippen LogP contribution in [0.4, 0.5) is 10.2 Å². The van der Waals surface area contributed by atoms with Crippen LogP contribution in [-0.4, -0.2) is 9.97 Å². The number of halogens is 1. The zero-order chi connectivity index (χ0) is 14.7. The van der Waals surface area contributed by atoms with Crippen LogP contribution >= 0.6 is 0 Å². The highest BCUT2D eigenvalue weighted by Gasteiger charge is 2.11. The van der Waals surface area contributed by atoms with Gasteiger partial charge in [-0.2, -0.15) is 0 Å². The van der Waals surface area contributed by atoms with E-state index in [2.05, 4.69) is 29.2 Å². The van der Waals surface area contributed by atoms with Gasteiger partial charge in [-0.05, 0) is 24.8 Å². The highest BCUT2D eigenvalue weighted by Crippen LogP contribution is 2.21. The molecule has 0 unspecified atom stereocenters. The van der Waals surface area contributed by atoms with Crippen molar-refractivity contribution in [3.8, 4) is 11.4 Å². The molecule has 0 aliphatic carbocycles. The maximum atomic E-state index is 13.6. The molecule has 0 spiro atoms. The Bertz CT molecular complexity index is 594. The van der Waals surface area contributed by atoms with Gasteiger partial charge in [0.2, 0.25) is 0 Å². The van der Waals surface area contributed by atoms with Gasteiger partial charge in [0.1, 0.15) is 0 Å². The van der Waals surface area contributed by atoms with E-state index in [9.17, 15) is 4.39 Å². The van der Waals surface area contributed by atoms with Gasteiger partial charge in [-0.15, -0.1) is 0 Å². The minimum atomic E-state index is -0.521. The molecule has 0 saturated heterocycles. The Balaban J connectivity index is 2.34. The van der Waals surface area contributed by atoms with Gasteiger partial charge in [0.05, 0.1) is 5.69 Å². The van der Waals surface area contributed by atoms with Gasteiger partial charge in [-0.3, -0.25) is 0 Å². The summed E-state index contributed by atoms with van der Waals surface area (Å²) in [6, 6.07) is 8.00. The molecule has 1 aromatic heterocycles. The maximum Gasteiger partial charge on any atom is 0.187 e. The lowest BCUT2D eigenvalue weighted by Gasteiger charge is -2.09. The van der Waals surface area contributed by atoms with E-state index < -0.39 is 5.82 Å². The van der Waals surface area contributed by atoms with Crippen molar-refractivity contribution in [2.75, 3.05) is 5.43 Å². The summed E-state index contributed by atoms with van der Waals surface area (Å²) in [5.74, 6) is 5.83. The zero-order valence-corrected chi connectivity index (χ0v) is 11.9. The Morgan fingerprint density at radius 1 is 1.20 bits per heavy atom. The lowest BCUT2D eigenvalue weighted by Crippen LogP contribution is -2.13. The van der Waals surface area contributed by atoms with Gasteiger partial charge >= 0.3 is 0 Å². The predicted molar refractivity (Wildman–Crippen MR) is 78.5 cm³/mol. The maximum absolute atomic E-state index is 13.6. The fourth-order valence-corrected chi connectivity index (χ4v) is 2.05. The topological polar surface area (TPSA) is 63.8 Å². The Morgan fingerprint density at radius 2 is 1.85 bits per heavy atom. The van der Waals surface area contributed by atoms with Gasteiger partial charge in [-0.25, -0.2) is 20.2 Å². The fourth-order valence-electron chi connectivity index (χ4n) is 2.05. The number of anilines is 1. The minimum absolute atomic E-state index is 0.0127. The van der Waals surface area contributed by atoms with Crippen LogP contribution < -0.4 is 11.3 Å². The van der Waals surface area contributed by atoms with Crippen LogP contribution in [0.25, 0.3) is 11.4 Å². The standard InChI is InChI=1S/C15H19FN4/c1-9(2)8-11-4-6-12(7-5-11)14-18-10(3)13(16)15(19-14)20-17/h4-7,9H,8,17H2,1-3H3,(H,18,19,20). The molecular weight excluding hydrogens is 255 g/mol. The smallest absolute Gasteiger partial charge is 0.187 e. The van der Waals surface area contributed by atoms with Crippen molar-refractivity contribution in [3.05, 3.63) is 41.3 Å². The first-order valence-corrected chi connectivity index (χ1v) is 6.61. The minimum Gasteiger partial charge on any atom is -0.306 e. The molecule has 0 fully saturated rings. The molecule has 2 aromatic rings. The first kappa shape index (κ1) is 14.4. The van der Waals surface area contributed by atoms with Gasteiger partial charge in [0, 0.05) is 5.56 Å². The highest BCUT2D eigenvalue weighted by molar-refractivity contribution is 5.58. The number of nitrogens with zero attached hydrogens (tertiary/aromatic N) is 2. The number of hydrazine groups is 1. The van der Waals surface area contributed by atoms with Crippen molar-refractivity contribution in [2.45, 2.75) is 27.2 Å². The van der Waals surface area contributed by atoms with Crippen molar-refractivity contribution in [3.63, 3.8) is 0 Å². The van der Waals surface area contributed by atoms with Gasteiger partial charge in [0.25, 0.3) is 0 Å². The molecule has 3 N–H and O–H groups in total. The Morgan fingerprint density at radius 3 is 2.40 bits per heavy atom. The average molecular weight is 274 g/mol. The molecule has 2 rings (SSSR count). The lowest BCUT2D eigenvalue weighted by molar-refractivity contribution is 0.606. The van der Waals surface area contributed by atoms with Crippen molar-refractivity contribution in [2.24, 2.45) is 11.8 Å². The van der Waals surface area contributed by atoms with E-state index in [1.165, 1.54) is 5.56 Å². The molecule has 0 amide bonds. The molecule has 106 valence electrons. The van der Waals surface area contributed by atoms with Crippen LogP contribution in [-0.2, 0) is 6.42 Å². The molecule has 1 aromatic carbocycles. The number of aryl methyl sites for hydroxylation is 1. The first-order chi connectivity index (χ1) is 9.51. The quantitative estimate of drug-likeness (QED) is 0.664. The molecule has 4 nitrogen and oxygen atoms in total. The van der Waals surface area contributed by atoms with Crippen LogP contribution in [0.15, 0.2) is 24.3 Å². The second-order valence-electron chi connectivity index (χ2n) is 5.23. The molecule has 0 atom stereocenters. The number of nitrogens with two attached hydrogens (primary N) is 1. The summed E-state index contributed by atoms with van der Waals surface area (Å²) >= 11 is 0. The summed E-state index contributed by atoms with van der Waals surface area (Å²) in [6.45, 7) is 5.95.